The van der Waals surface area contributed by atoms with Crippen LogP contribution in [0.3, 0.4) is 0 Å². The highest BCUT2D eigenvalue weighted by Gasteiger charge is 2.19. The zero-order chi connectivity index (χ0) is 13.7. The fourth-order valence-electron chi connectivity index (χ4n) is 2.25. The molecule has 102 valence electrons. The van der Waals surface area contributed by atoms with Gasteiger partial charge in [0.25, 0.3) is 0 Å². The van der Waals surface area contributed by atoms with Crippen LogP contribution in [0.15, 0.2) is 30.3 Å². The standard InChI is InChI=1S/C15H18FNO2/c16-14-4-2-1-3-11(14)5-10-15(19)17-12-6-8-13(18)9-7-12/h1-5,10,12-13,18H,6-9H2,(H,17,19)/b10-5+. The molecule has 0 spiro atoms. The maximum Gasteiger partial charge on any atom is 0.244 e. The molecule has 3 nitrogen and oxygen atoms in total. The van der Waals surface area contributed by atoms with Gasteiger partial charge in [0, 0.05) is 17.7 Å². The Morgan fingerprint density at radius 3 is 2.63 bits per heavy atom. The number of carbonyl (C=O) groups is 1. The predicted molar refractivity (Wildman–Crippen MR) is 71.8 cm³/mol. The first-order chi connectivity index (χ1) is 9.15. The molecule has 1 saturated carbocycles. The second-order valence-corrected chi connectivity index (χ2v) is 4.87. The molecule has 0 radical (unpaired) electrons. The van der Waals surface area contributed by atoms with Crippen LogP contribution in [0.2, 0.25) is 0 Å². The summed E-state index contributed by atoms with van der Waals surface area (Å²) in [6.07, 6.45) is 5.62. The number of amides is 1. The summed E-state index contributed by atoms with van der Waals surface area (Å²) < 4.78 is 13.3. The number of halogens is 1. The molecule has 0 unspecified atom stereocenters. The summed E-state index contributed by atoms with van der Waals surface area (Å²) in [5.41, 5.74) is 0.400. The fraction of sp³-hybridized carbons (Fsp3) is 0.400. The number of hydrogen-bond acceptors (Lipinski definition) is 2. The van der Waals surface area contributed by atoms with Crippen molar-refractivity contribution in [2.75, 3.05) is 0 Å². The van der Waals surface area contributed by atoms with Gasteiger partial charge in [-0.15, -0.1) is 0 Å². The Morgan fingerprint density at radius 1 is 1.26 bits per heavy atom. The third kappa shape index (κ3) is 4.17. The van der Waals surface area contributed by atoms with Crippen molar-refractivity contribution in [2.45, 2.75) is 37.8 Å². The lowest BCUT2D eigenvalue weighted by molar-refractivity contribution is -0.117. The van der Waals surface area contributed by atoms with Gasteiger partial charge in [-0.2, -0.15) is 0 Å². The van der Waals surface area contributed by atoms with E-state index in [0.29, 0.717) is 5.56 Å². The highest BCUT2D eigenvalue weighted by Crippen LogP contribution is 2.18. The Morgan fingerprint density at radius 2 is 1.95 bits per heavy atom. The molecule has 1 aliphatic rings. The topological polar surface area (TPSA) is 49.3 Å². The zero-order valence-electron chi connectivity index (χ0n) is 10.7. The second-order valence-electron chi connectivity index (χ2n) is 4.87. The Balaban J connectivity index is 1.86. The molecule has 19 heavy (non-hydrogen) atoms. The van der Waals surface area contributed by atoms with Crippen molar-refractivity contribution in [3.8, 4) is 0 Å². The smallest absolute Gasteiger partial charge is 0.244 e. The Bertz CT molecular complexity index is 465. The number of aliphatic hydroxyl groups is 1. The largest absolute Gasteiger partial charge is 0.393 e. The predicted octanol–water partition coefficient (Wildman–Crippen LogP) is 2.26. The molecule has 2 N–H and O–H groups in total. The summed E-state index contributed by atoms with van der Waals surface area (Å²) in [6.45, 7) is 0. The normalized spacial score (nSPS) is 23.5. The number of rotatable bonds is 3. The van der Waals surface area contributed by atoms with Gasteiger partial charge in [-0.3, -0.25) is 4.79 Å². The molecule has 0 heterocycles. The molecule has 4 heteroatoms. The van der Waals surface area contributed by atoms with Crippen LogP contribution >= 0.6 is 0 Å². The maximum atomic E-state index is 13.3. The van der Waals surface area contributed by atoms with Crippen LogP contribution in [0.5, 0.6) is 0 Å². The van der Waals surface area contributed by atoms with Crippen molar-refractivity contribution in [3.63, 3.8) is 0 Å². The average Bonchev–Trinajstić information content (AvgIpc) is 2.40. The van der Waals surface area contributed by atoms with Gasteiger partial charge in [-0.25, -0.2) is 4.39 Å². The van der Waals surface area contributed by atoms with Gasteiger partial charge in [0.15, 0.2) is 0 Å². The molecule has 1 aliphatic carbocycles. The molecule has 1 aromatic carbocycles. The van der Waals surface area contributed by atoms with Crippen LogP contribution < -0.4 is 5.32 Å². The van der Waals surface area contributed by atoms with Crippen LogP contribution in [-0.4, -0.2) is 23.2 Å². The maximum absolute atomic E-state index is 13.3. The van der Waals surface area contributed by atoms with Gasteiger partial charge in [0.2, 0.25) is 5.91 Å². The summed E-state index contributed by atoms with van der Waals surface area (Å²) in [4.78, 5) is 11.7. The zero-order valence-corrected chi connectivity index (χ0v) is 10.7. The first-order valence-electron chi connectivity index (χ1n) is 6.56. The molecular weight excluding hydrogens is 245 g/mol. The Labute approximate surface area is 112 Å². The molecule has 1 amide bonds. The summed E-state index contributed by atoms with van der Waals surface area (Å²) in [6, 6.07) is 6.43. The van der Waals surface area contributed by atoms with Crippen molar-refractivity contribution in [2.24, 2.45) is 0 Å². The lowest BCUT2D eigenvalue weighted by Gasteiger charge is -2.25. The first kappa shape index (κ1) is 13.7. The van der Waals surface area contributed by atoms with E-state index in [1.807, 2.05) is 0 Å². The van der Waals surface area contributed by atoms with E-state index in [4.69, 9.17) is 0 Å². The van der Waals surface area contributed by atoms with E-state index < -0.39 is 0 Å². The van der Waals surface area contributed by atoms with Crippen LogP contribution in [0.25, 0.3) is 6.08 Å². The van der Waals surface area contributed by atoms with Crippen LogP contribution in [0.1, 0.15) is 31.2 Å². The highest BCUT2D eigenvalue weighted by molar-refractivity contribution is 5.91. The van der Waals surface area contributed by atoms with E-state index in [2.05, 4.69) is 5.32 Å². The number of benzene rings is 1. The quantitative estimate of drug-likeness (QED) is 0.822. The minimum absolute atomic E-state index is 0.112. The van der Waals surface area contributed by atoms with E-state index in [-0.39, 0.29) is 23.9 Å². The van der Waals surface area contributed by atoms with Crippen molar-refractivity contribution in [1.82, 2.24) is 5.32 Å². The highest BCUT2D eigenvalue weighted by atomic mass is 19.1. The molecule has 0 atom stereocenters. The molecule has 1 fully saturated rings. The monoisotopic (exact) mass is 263 g/mol. The molecule has 2 rings (SSSR count). The molecular formula is C15H18FNO2. The van der Waals surface area contributed by atoms with Crippen LogP contribution in [0.4, 0.5) is 4.39 Å². The van der Waals surface area contributed by atoms with Crippen LogP contribution in [0, 0.1) is 5.82 Å². The molecule has 0 saturated heterocycles. The van der Waals surface area contributed by atoms with Gasteiger partial charge in [0.05, 0.1) is 6.10 Å². The van der Waals surface area contributed by atoms with Crippen LogP contribution in [-0.2, 0) is 4.79 Å². The number of aliphatic hydroxyl groups excluding tert-OH is 1. The lowest BCUT2D eigenvalue weighted by Crippen LogP contribution is -2.37. The fourth-order valence-corrected chi connectivity index (χ4v) is 2.25. The number of hydrogen-bond donors (Lipinski definition) is 2. The molecule has 1 aromatic rings. The number of carbonyl (C=O) groups excluding carboxylic acids is 1. The van der Waals surface area contributed by atoms with Crippen molar-refractivity contribution < 1.29 is 14.3 Å². The van der Waals surface area contributed by atoms with Gasteiger partial charge in [-0.05, 0) is 37.8 Å². The minimum atomic E-state index is -0.340. The molecule has 0 bridgehead atoms. The Kier molecular flexibility index (Phi) is 4.68. The third-order valence-corrected chi connectivity index (χ3v) is 3.36. The summed E-state index contributed by atoms with van der Waals surface area (Å²) in [7, 11) is 0. The third-order valence-electron chi connectivity index (χ3n) is 3.36. The van der Waals surface area contributed by atoms with E-state index in [1.165, 1.54) is 18.2 Å². The summed E-state index contributed by atoms with van der Waals surface area (Å²) in [5, 5.41) is 12.2. The summed E-state index contributed by atoms with van der Waals surface area (Å²) in [5.74, 6) is -0.558. The van der Waals surface area contributed by atoms with E-state index in [0.717, 1.165) is 25.7 Å². The van der Waals surface area contributed by atoms with E-state index in [1.54, 1.807) is 18.2 Å². The second kappa shape index (κ2) is 6.48. The lowest BCUT2D eigenvalue weighted by atomic mass is 9.93. The van der Waals surface area contributed by atoms with Crippen molar-refractivity contribution in [3.05, 3.63) is 41.7 Å². The minimum Gasteiger partial charge on any atom is -0.393 e. The van der Waals surface area contributed by atoms with Gasteiger partial charge < -0.3 is 10.4 Å². The van der Waals surface area contributed by atoms with Gasteiger partial charge >= 0.3 is 0 Å². The van der Waals surface area contributed by atoms with E-state index in [9.17, 15) is 14.3 Å². The van der Waals surface area contributed by atoms with E-state index >= 15 is 0 Å². The average molecular weight is 263 g/mol. The Hall–Kier alpha value is -1.68. The molecule has 0 aliphatic heterocycles. The van der Waals surface area contributed by atoms with Crippen molar-refractivity contribution in [1.29, 1.82) is 0 Å². The van der Waals surface area contributed by atoms with Crippen molar-refractivity contribution >= 4 is 12.0 Å². The number of nitrogens with one attached hydrogen (secondary N) is 1. The first-order valence-corrected chi connectivity index (χ1v) is 6.56. The van der Waals surface area contributed by atoms with Gasteiger partial charge in [-0.1, -0.05) is 18.2 Å². The molecule has 0 aromatic heterocycles. The SMILES string of the molecule is O=C(/C=C/c1ccccc1F)NC1CCC(O)CC1. The van der Waals surface area contributed by atoms with Gasteiger partial charge in [0.1, 0.15) is 5.82 Å². The summed E-state index contributed by atoms with van der Waals surface area (Å²) >= 11 is 0.